The molecule has 5 heterocycles. The summed E-state index contributed by atoms with van der Waals surface area (Å²) in [7, 11) is 0. The molecule has 0 aliphatic rings. The van der Waals surface area contributed by atoms with Crippen molar-refractivity contribution in [2.24, 2.45) is 0 Å². The second kappa shape index (κ2) is 6.23. The predicted octanol–water partition coefficient (Wildman–Crippen LogP) is 1.26. The lowest BCUT2D eigenvalue weighted by atomic mass is 10.2. The Morgan fingerprint density at radius 2 is 1.75 bits per heavy atom. The van der Waals surface area contributed by atoms with Gasteiger partial charge in [-0.25, -0.2) is 10.1 Å². The van der Waals surface area contributed by atoms with Crippen molar-refractivity contribution in [3.05, 3.63) is 87.7 Å². The highest BCUT2D eigenvalue weighted by Gasteiger charge is 2.12. The third-order valence-electron chi connectivity index (χ3n) is 4.50. The Balaban J connectivity index is 1.71. The molecule has 0 fully saturated rings. The summed E-state index contributed by atoms with van der Waals surface area (Å²) in [5.41, 5.74) is 1.25. The molecule has 0 spiro atoms. The van der Waals surface area contributed by atoms with Gasteiger partial charge in [-0.15, -0.1) is 0 Å². The first-order chi connectivity index (χ1) is 13.7. The van der Waals surface area contributed by atoms with Crippen LogP contribution >= 0.6 is 0 Å². The number of aromatic amines is 1. The van der Waals surface area contributed by atoms with E-state index in [1.807, 2.05) is 18.2 Å². The normalized spacial score (nSPS) is 11.3. The van der Waals surface area contributed by atoms with Crippen molar-refractivity contribution in [2.75, 3.05) is 0 Å². The van der Waals surface area contributed by atoms with Crippen molar-refractivity contribution in [1.29, 1.82) is 0 Å². The Hall–Kier alpha value is -4.14. The van der Waals surface area contributed by atoms with E-state index in [0.29, 0.717) is 34.3 Å². The average molecular weight is 371 g/mol. The molecule has 5 rings (SSSR count). The molecule has 5 aromatic rings. The van der Waals surface area contributed by atoms with Crippen LogP contribution in [-0.4, -0.2) is 34.3 Å². The van der Waals surface area contributed by atoms with Gasteiger partial charge in [-0.05, 0) is 30.3 Å². The Bertz CT molecular complexity index is 1420. The van der Waals surface area contributed by atoms with Crippen molar-refractivity contribution >= 4 is 21.8 Å². The lowest BCUT2D eigenvalue weighted by Gasteiger charge is -2.08. The zero-order valence-electron chi connectivity index (χ0n) is 14.5. The van der Waals surface area contributed by atoms with E-state index in [9.17, 15) is 9.59 Å². The highest BCUT2D eigenvalue weighted by Crippen LogP contribution is 2.15. The molecule has 5 aromatic heterocycles. The van der Waals surface area contributed by atoms with E-state index in [-0.39, 0.29) is 11.1 Å². The SMILES string of the molecule is O=c1c2cc3c(=O)n(-c4ncn[nH]4)ccc3nc2ccn1Cc1ccccn1. The van der Waals surface area contributed by atoms with Crippen LogP contribution in [0.3, 0.4) is 0 Å². The smallest absolute Gasteiger partial charge is 0.266 e. The fraction of sp³-hybridized carbons (Fsp3) is 0.0526. The van der Waals surface area contributed by atoms with Crippen LogP contribution in [0.4, 0.5) is 0 Å². The molecule has 0 aliphatic carbocycles. The number of nitrogens with one attached hydrogen (secondary N) is 1. The molecule has 0 amide bonds. The van der Waals surface area contributed by atoms with Gasteiger partial charge in [0.2, 0.25) is 5.95 Å². The number of pyridine rings is 4. The largest absolute Gasteiger partial charge is 0.309 e. The lowest BCUT2D eigenvalue weighted by Crippen LogP contribution is -2.22. The molecule has 9 nitrogen and oxygen atoms in total. The minimum absolute atomic E-state index is 0.230. The molecule has 0 bridgehead atoms. The maximum atomic E-state index is 13.0. The van der Waals surface area contributed by atoms with Gasteiger partial charge in [-0.3, -0.25) is 19.1 Å². The van der Waals surface area contributed by atoms with Crippen molar-refractivity contribution in [3.8, 4) is 5.95 Å². The van der Waals surface area contributed by atoms with E-state index >= 15 is 0 Å². The summed E-state index contributed by atoms with van der Waals surface area (Å²) in [6.07, 6.45) is 6.27. The van der Waals surface area contributed by atoms with E-state index in [2.05, 4.69) is 25.1 Å². The highest BCUT2D eigenvalue weighted by atomic mass is 16.1. The molecular weight excluding hydrogens is 358 g/mol. The van der Waals surface area contributed by atoms with Crippen LogP contribution in [0, 0.1) is 0 Å². The first-order valence-electron chi connectivity index (χ1n) is 8.52. The number of hydrogen-bond donors (Lipinski definition) is 1. The minimum Gasteiger partial charge on any atom is -0.309 e. The molecule has 0 unspecified atom stereocenters. The van der Waals surface area contributed by atoms with Gasteiger partial charge in [0.25, 0.3) is 11.1 Å². The van der Waals surface area contributed by atoms with E-state index in [1.54, 1.807) is 41.4 Å². The van der Waals surface area contributed by atoms with Gasteiger partial charge in [-0.1, -0.05) is 6.07 Å². The van der Waals surface area contributed by atoms with Crippen molar-refractivity contribution in [2.45, 2.75) is 6.54 Å². The Labute approximate surface area is 157 Å². The highest BCUT2D eigenvalue weighted by molar-refractivity contribution is 5.91. The van der Waals surface area contributed by atoms with Gasteiger partial charge >= 0.3 is 0 Å². The van der Waals surface area contributed by atoms with Crippen LogP contribution in [-0.2, 0) is 6.54 Å². The maximum Gasteiger partial charge on any atom is 0.266 e. The van der Waals surface area contributed by atoms with Crippen LogP contribution < -0.4 is 11.1 Å². The quantitative estimate of drug-likeness (QED) is 0.478. The number of hydrogen-bond acceptors (Lipinski definition) is 6. The van der Waals surface area contributed by atoms with Crippen molar-refractivity contribution < 1.29 is 0 Å². The summed E-state index contributed by atoms with van der Waals surface area (Å²) in [4.78, 5) is 38.6. The molecule has 9 heteroatoms. The number of nitrogens with zero attached hydrogens (tertiary/aromatic N) is 6. The van der Waals surface area contributed by atoms with Gasteiger partial charge in [0.05, 0.1) is 34.0 Å². The Kier molecular flexibility index (Phi) is 3.58. The molecule has 0 aliphatic heterocycles. The van der Waals surface area contributed by atoms with Gasteiger partial charge < -0.3 is 4.57 Å². The van der Waals surface area contributed by atoms with Crippen LogP contribution in [0.15, 0.2) is 70.9 Å². The summed E-state index contributed by atoms with van der Waals surface area (Å²) in [5.74, 6) is 0.299. The fourth-order valence-electron chi connectivity index (χ4n) is 3.14. The van der Waals surface area contributed by atoms with Crippen LogP contribution in [0.5, 0.6) is 0 Å². The second-order valence-electron chi connectivity index (χ2n) is 6.22. The zero-order valence-corrected chi connectivity index (χ0v) is 14.5. The van der Waals surface area contributed by atoms with Crippen LogP contribution in [0.25, 0.3) is 27.8 Å². The third-order valence-corrected chi connectivity index (χ3v) is 4.50. The van der Waals surface area contributed by atoms with E-state index in [1.165, 1.54) is 10.9 Å². The summed E-state index contributed by atoms with van der Waals surface area (Å²) < 4.78 is 2.88. The van der Waals surface area contributed by atoms with Gasteiger partial charge in [0, 0.05) is 18.6 Å². The second-order valence-corrected chi connectivity index (χ2v) is 6.22. The molecule has 28 heavy (non-hydrogen) atoms. The van der Waals surface area contributed by atoms with E-state index < -0.39 is 0 Å². The molecular formula is C19H13N7O2. The Morgan fingerprint density at radius 3 is 2.50 bits per heavy atom. The summed E-state index contributed by atoms with van der Waals surface area (Å²) in [6, 6.07) is 10.6. The fourth-order valence-corrected chi connectivity index (χ4v) is 3.14. The van der Waals surface area contributed by atoms with Gasteiger partial charge in [-0.2, -0.15) is 10.1 Å². The standard InChI is InChI=1S/C19H13N7O2/c27-17-13-9-14-16(5-8-26(18(14)28)19-21-11-22-24-19)23-15(13)4-7-25(17)10-12-3-1-2-6-20-12/h1-9,11H,10H2,(H,21,22,24). The summed E-state index contributed by atoms with van der Waals surface area (Å²) >= 11 is 0. The average Bonchev–Trinajstić information content (AvgIpc) is 3.25. The molecule has 0 saturated carbocycles. The van der Waals surface area contributed by atoms with E-state index in [4.69, 9.17) is 0 Å². The maximum absolute atomic E-state index is 13.0. The predicted molar refractivity (Wildman–Crippen MR) is 102 cm³/mol. The monoisotopic (exact) mass is 371 g/mol. The van der Waals surface area contributed by atoms with Gasteiger partial charge in [0.15, 0.2) is 0 Å². The van der Waals surface area contributed by atoms with Crippen LogP contribution in [0.2, 0.25) is 0 Å². The third kappa shape index (κ3) is 2.57. The zero-order chi connectivity index (χ0) is 19.1. The molecule has 0 aromatic carbocycles. The first kappa shape index (κ1) is 16.1. The van der Waals surface area contributed by atoms with Crippen molar-refractivity contribution in [3.63, 3.8) is 0 Å². The van der Waals surface area contributed by atoms with E-state index in [0.717, 1.165) is 5.69 Å². The number of H-pyrrole nitrogens is 1. The van der Waals surface area contributed by atoms with Crippen LogP contribution in [0.1, 0.15) is 5.69 Å². The molecule has 0 radical (unpaired) electrons. The molecule has 0 atom stereocenters. The first-order valence-corrected chi connectivity index (χ1v) is 8.52. The minimum atomic E-state index is -0.330. The van der Waals surface area contributed by atoms with Crippen molar-refractivity contribution in [1.82, 2.24) is 34.3 Å². The number of fused-ring (bicyclic) bond motifs is 2. The number of aromatic nitrogens is 7. The molecule has 1 N–H and O–H groups in total. The molecule has 0 saturated heterocycles. The summed E-state index contributed by atoms with van der Waals surface area (Å²) in [6.45, 7) is 0.338. The Morgan fingerprint density at radius 1 is 0.929 bits per heavy atom. The lowest BCUT2D eigenvalue weighted by molar-refractivity contribution is 0.746. The summed E-state index contributed by atoms with van der Waals surface area (Å²) in [5, 5.41) is 7.12. The number of rotatable bonds is 3. The topological polar surface area (TPSA) is 111 Å². The van der Waals surface area contributed by atoms with Gasteiger partial charge in [0.1, 0.15) is 6.33 Å². The molecule has 136 valence electrons.